The summed E-state index contributed by atoms with van der Waals surface area (Å²) >= 11 is 0. The fourth-order valence-corrected chi connectivity index (χ4v) is 2.19. The molecule has 0 amide bonds. The molecule has 2 rings (SSSR count). The second-order valence-electron chi connectivity index (χ2n) is 5.03. The molecular formula is C12H21NO. The highest BCUT2D eigenvalue weighted by Gasteiger charge is 2.25. The van der Waals surface area contributed by atoms with Crippen LogP contribution in [0.25, 0.3) is 0 Å². The average molecular weight is 195 g/mol. The lowest BCUT2D eigenvalue weighted by molar-refractivity contribution is 0.0259. The van der Waals surface area contributed by atoms with Gasteiger partial charge in [0.25, 0.3) is 0 Å². The topological polar surface area (TPSA) is 12.5 Å². The van der Waals surface area contributed by atoms with Crippen LogP contribution in [0.2, 0.25) is 0 Å². The van der Waals surface area contributed by atoms with Crippen LogP contribution in [-0.4, -0.2) is 23.6 Å². The normalized spacial score (nSPS) is 26.7. The van der Waals surface area contributed by atoms with Crippen molar-refractivity contribution in [1.29, 1.82) is 0 Å². The first-order valence-corrected chi connectivity index (χ1v) is 5.79. The number of ether oxygens (including phenoxy) is 1. The summed E-state index contributed by atoms with van der Waals surface area (Å²) in [6.07, 6.45) is 8.43. The zero-order valence-electron chi connectivity index (χ0n) is 9.38. The van der Waals surface area contributed by atoms with Gasteiger partial charge in [0, 0.05) is 18.8 Å². The second-order valence-corrected chi connectivity index (χ2v) is 5.03. The summed E-state index contributed by atoms with van der Waals surface area (Å²) in [6, 6.07) is 0. The molecule has 0 radical (unpaired) electrons. The minimum Gasteiger partial charge on any atom is -0.494 e. The van der Waals surface area contributed by atoms with Crippen LogP contribution in [0.5, 0.6) is 0 Å². The van der Waals surface area contributed by atoms with Gasteiger partial charge in [-0.25, -0.2) is 0 Å². The number of hydrogen-bond donors (Lipinski definition) is 0. The van der Waals surface area contributed by atoms with E-state index in [0.29, 0.717) is 0 Å². The third-order valence-electron chi connectivity index (χ3n) is 3.26. The number of nitrogens with zero attached hydrogens (tertiary/aromatic N) is 1. The maximum absolute atomic E-state index is 5.73. The molecule has 2 aliphatic heterocycles. The van der Waals surface area contributed by atoms with E-state index in [9.17, 15) is 0 Å². The van der Waals surface area contributed by atoms with Crippen molar-refractivity contribution < 1.29 is 4.74 Å². The van der Waals surface area contributed by atoms with Crippen LogP contribution in [0.4, 0.5) is 0 Å². The van der Waals surface area contributed by atoms with Gasteiger partial charge in [-0.2, -0.15) is 0 Å². The van der Waals surface area contributed by atoms with Crippen LogP contribution in [0.3, 0.4) is 0 Å². The Balaban J connectivity index is 1.95. The molecule has 0 atom stereocenters. The van der Waals surface area contributed by atoms with Gasteiger partial charge in [-0.3, -0.25) is 0 Å². The smallest absolute Gasteiger partial charge is 0.103 e. The molecular weight excluding hydrogens is 174 g/mol. The van der Waals surface area contributed by atoms with Gasteiger partial charge >= 0.3 is 0 Å². The highest BCUT2D eigenvalue weighted by atomic mass is 16.5. The Morgan fingerprint density at radius 1 is 1.21 bits per heavy atom. The Kier molecular flexibility index (Phi) is 2.71. The number of hydrogen-bond acceptors (Lipinski definition) is 2. The van der Waals surface area contributed by atoms with Crippen molar-refractivity contribution in [2.75, 3.05) is 13.1 Å². The van der Waals surface area contributed by atoms with Gasteiger partial charge in [-0.05, 0) is 46.0 Å². The largest absolute Gasteiger partial charge is 0.494 e. The van der Waals surface area contributed by atoms with Crippen molar-refractivity contribution in [3.63, 3.8) is 0 Å². The van der Waals surface area contributed by atoms with Crippen LogP contribution in [0.1, 0.15) is 46.0 Å². The first-order chi connectivity index (χ1) is 6.67. The van der Waals surface area contributed by atoms with Gasteiger partial charge < -0.3 is 9.64 Å². The summed E-state index contributed by atoms with van der Waals surface area (Å²) in [7, 11) is 0. The van der Waals surface area contributed by atoms with E-state index in [2.05, 4.69) is 18.7 Å². The fourth-order valence-electron chi connectivity index (χ4n) is 2.19. The standard InChI is InChI=1S/C12H21NO/c1-12(2)7-6-11(10-14-12)13-8-4-3-5-9-13/h10H,3-9H2,1-2H3. The van der Waals surface area contributed by atoms with Gasteiger partial charge in [0.05, 0.1) is 0 Å². The molecule has 1 saturated heterocycles. The summed E-state index contributed by atoms with van der Waals surface area (Å²) in [5.41, 5.74) is 1.48. The maximum atomic E-state index is 5.73. The van der Waals surface area contributed by atoms with Crippen molar-refractivity contribution in [2.45, 2.75) is 51.6 Å². The lowest BCUT2D eigenvalue weighted by Gasteiger charge is -2.36. The van der Waals surface area contributed by atoms with Gasteiger partial charge in [0.15, 0.2) is 0 Å². The Hall–Kier alpha value is -0.660. The molecule has 0 aromatic carbocycles. The molecule has 0 spiro atoms. The highest BCUT2D eigenvalue weighted by molar-refractivity contribution is 5.03. The molecule has 2 heterocycles. The van der Waals surface area contributed by atoms with Gasteiger partial charge in [0.2, 0.25) is 0 Å². The molecule has 0 bridgehead atoms. The molecule has 0 aliphatic carbocycles. The number of allylic oxidation sites excluding steroid dienone is 1. The van der Waals surface area contributed by atoms with Crippen LogP contribution < -0.4 is 0 Å². The fraction of sp³-hybridized carbons (Fsp3) is 0.833. The summed E-state index contributed by atoms with van der Waals surface area (Å²) in [6.45, 7) is 6.79. The number of rotatable bonds is 1. The van der Waals surface area contributed by atoms with Crippen LogP contribution >= 0.6 is 0 Å². The number of piperidine rings is 1. The average Bonchev–Trinajstić information content (AvgIpc) is 2.19. The van der Waals surface area contributed by atoms with E-state index in [1.807, 2.05) is 6.26 Å². The molecule has 0 N–H and O–H groups in total. The third-order valence-corrected chi connectivity index (χ3v) is 3.26. The lowest BCUT2D eigenvalue weighted by Crippen LogP contribution is -2.34. The molecule has 0 saturated carbocycles. The summed E-state index contributed by atoms with van der Waals surface area (Å²) in [5, 5.41) is 0. The predicted octanol–water partition coefficient (Wildman–Crippen LogP) is 2.90. The van der Waals surface area contributed by atoms with Gasteiger partial charge in [0.1, 0.15) is 11.9 Å². The molecule has 0 aromatic rings. The minimum atomic E-state index is 0.0548. The molecule has 0 unspecified atom stereocenters. The molecule has 2 aliphatic rings. The second kappa shape index (κ2) is 3.84. The van der Waals surface area contributed by atoms with Crippen LogP contribution in [0, 0.1) is 0 Å². The minimum absolute atomic E-state index is 0.0548. The third kappa shape index (κ3) is 2.23. The number of likely N-dealkylation sites (tertiary alicyclic amines) is 1. The Morgan fingerprint density at radius 2 is 1.93 bits per heavy atom. The molecule has 1 fully saturated rings. The predicted molar refractivity (Wildman–Crippen MR) is 57.9 cm³/mol. The van der Waals surface area contributed by atoms with Crippen molar-refractivity contribution in [1.82, 2.24) is 4.90 Å². The van der Waals surface area contributed by atoms with E-state index in [1.54, 1.807) is 0 Å². The first kappa shape index (κ1) is 9.88. The Morgan fingerprint density at radius 3 is 2.50 bits per heavy atom. The van der Waals surface area contributed by atoms with Crippen molar-refractivity contribution in [2.24, 2.45) is 0 Å². The molecule has 0 aromatic heterocycles. The van der Waals surface area contributed by atoms with Gasteiger partial charge in [-0.15, -0.1) is 0 Å². The Bertz CT molecular complexity index is 226. The van der Waals surface area contributed by atoms with Crippen LogP contribution in [0.15, 0.2) is 12.0 Å². The first-order valence-electron chi connectivity index (χ1n) is 5.79. The monoisotopic (exact) mass is 195 g/mol. The molecule has 14 heavy (non-hydrogen) atoms. The Labute approximate surface area is 86.9 Å². The highest BCUT2D eigenvalue weighted by Crippen LogP contribution is 2.29. The molecule has 80 valence electrons. The van der Waals surface area contributed by atoms with E-state index in [0.717, 1.165) is 6.42 Å². The van der Waals surface area contributed by atoms with E-state index >= 15 is 0 Å². The quantitative estimate of drug-likeness (QED) is 0.638. The lowest BCUT2D eigenvalue weighted by atomic mass is 9.98. The molecule has 2 nitrogen and oxygen atoms in total. The van der Waals surface area contributed by atoms with E-state index in [1.165, 1.54) is 44.5 Å². The summed E-state index contributed by atoms with van der Waals surface area (Å²) < 4.78 is 5.73. The summed E-state index contributed by atoms with van der Waals surface area (Å²) in [5.74, 6) is 0. The SMILES string of the molecule is CC1(C)CCC(N2CCCCC2)=CO1. The van der Waals surface area contributed by atoms with Crippen molar-refractivity contribution in [3.8, 4) is 0 Å². The summed E-state index contributed by atoms with van der Waals surface area (Å²) in [4.78, 5) is 2.50. The molecule has 2 heteroatoms. The van der Waals surface area contributed by atoms with Crippen LogP contribution in [-0.2, 0) is 4.74 Å². The zero-order chi connectivity index (χ0) is 10.0. The van der Waals surface area contributed by atoms with Crippen molar-refractivity contribution >= 4 is 0 Å². The zero-order valence-corrected chi connectivity index (χ0v) is 9.38. The van der Waals surface area contributed by atoms with Crippen molar-refractivity contribution in [3.05, 3.63) is 12.0 Å². The van der Waals surface area contributed by atoms with E-state index in [4.69, 9.17) is 4.74 Å². The van der Waals surface area contributed by atoms with E-state index < -0.39 is 0 Å². The van der Waals surface area contributed by atoms with E-state index in [-0.39, 0.29) is 5.60 Å². The van der Waals surface area contributed by atoms with Gasteiger partial charge in [-0.1, -0.05) is 0 Å². The maximum Gasteiger partial charge on any atom is 0.103 e.